The molecule has 0 aliphatic carbocycles. The maximum Gasteiger partial charge on any atom is 0.190 e. The number of ether oxygens (including phenoxy) is 2. The van der Waals surface area contributed by atoms with Gasteiger partial charge in [0.1, 0.15) is 12.1 Å². The molecule has 124 valence electrons. The summed E-state index contributed by atoms with van der Waals surface area (Å²) in [7, 11) is 0. The Bertz CT molecular complexity index is 1060. The van der Waals surface area contributed by atoms with E-state index in [0.29, 0.717) is 35.0 Å². The van der Waals surface area contributed by atoms with Crippen molar-refractivity contribution in [1.82, 2.24) is 19.7 Å². The van der Waals surface area contributed by atoms with Crippen LogP contribution >= 0.6 is 0 Å². The summed E-state index contributed by atoms with van der Waals surface area (Å²) in [4.78, 5) is 4.51. The second kappa shape index (κ2) is 5.34. The number of rotatable bonds is 2. The van der Waals surface area contributed by atoms with Crippen molar-refractivity contribution in [2.75, 3.05) is 6.61 Å². The molecule has 25 heavy (non-hydrogen) atoms. The number of nitrogens with zero attached hydrogens (tertiary/aromatic N) is 3. The van der Waals surface area contributed by atoms with Crippen molar-refractivity contribution in [3.8, 4) is 17.2 Å². The lowest BCUT2D eigenvalue weighted by atomic mass is 10.2. The maximum atomic E-state index is 14.3. The first-order valence-electron chi connectivity index (χ1n) is 7.86. The number of imidazole rings is 1. The molecule has 1 aliphatic rings. The Labute approximate surface area is 141 Å². The third-order valence-electron chi connectivity index (χ3n) is 4.20. The predicted molar refractivity (Wildman–Crippen MR) is 88.5 cm³/mol. The van der Waals surface area contributed by atoms with E-state index in [1.807, 2.05) is 34.9 Å². The molecule has 0 fully saturated rings. The average Bonchev–Trinajstić information content (AvgIpc) is 3.29. The van der Waals surface area contributed by atoms with E-state index in [4.69, 9.17) is 9.47 Å². The van der Waals surface area contributed by atoms with Crippen LogP contribution in [0.15, 0.2) is 54.9 Å². The summed E-state index contributed by atoms with van der Waals surface area (Å²) in [5.41, 5.74) is 1.70. The Hall–Kier alpha value is -3.35. The van der Waals surface area contributed by atoms with Gasteiger partial charge in [0.15, 0.2) is 29.2 Å². The zero-order valence-electron chi connectivity index (χ0n) is 13.0. The standard InChI is InChI=1S/C18H13FN4O2/c19-12-4-3-5-13-17(12)22-18(23(13)11-8-20-21-9-11)16-10-24-14-6-1-2-7-15(14)25-16/h1-9,16H,10H2,(H,20,21). The monoisotopic (exact) mass is 336 g/mol. The number of aromatic amines is 1. The van der Waals surface area contributed by atoms with Crippen LogP contribution in [0.1, 0.15) is 11.9 Å². The summed E-state index contributed by atoms with van der Waals surface area (Å²) in [5.74, 6) is 1.52. The number of H-pyrrole nitrogens is 1. The third-order valence-corrected chi connectivity index (χ3v) is 4.20. The Morgan fingerprint density at radius 3 is 2.84 bits per heavy atom. The van der Waals surface area contributed by atoms with Gasteiger partial charge in [-0.25, -0.2) is 9.37 Å². The van der Waals surface area contributed by atoms with Crippen molar-refractivity contribution in [3.63, 3.8) is 0 Å². The number of hydrogen-bond donors (Lipinski definition) is 1. The van der Waals surface area contributed by atoms with Crippen LogP contribution in [0.3, 0.4) is 0 Å². The highest BCUT2D eigenvalue weighted by molar-refractivity contribution is 5.79. The number of hydrogen-bond acceptors (Lipinski definition) is 4. The van der Waals surface area contributed by atoms with Gasteiger partial charge in [0.25, 0.3) is 0 Å². The second-order valence-electron chi connectivity index (χ2n) is 5.73. The van der Waals surface area contributed by atoms with E-state index in [9.17, 15) is 4.39 Å². The maximum absolute atomic E-state index is 14.3. The van der Waals surface area contributed by atoms with Gasteiger partial charge in [0, 0.05) is 6.20 Å². The van der Waals surface area contributed by atoms with Crippen molar-refractivity contribution in [2.45, 2.75) is 6.10 Å². The van der Waals surface area contributed by atoms with Gasteiger partial charge in [-0.05, 0) is 24.3 Å². The summed E-state index contributed by atoms with van der Waals surface area (Å²) >= 11 is 0. The smallest absolute Gasteiger partial charge is 0.190 e. The SMILES string of the molecule is Fc1cccc2c1nc(C1COc3ccccc3O1)n2-c1cn[nH]c1. The van der Waals surface area contributed by atoms with Gasteiger partial charge in [-0.3, -0.25) is 9.67 Å². The molecule has 4 aromatic rings. The van der Waals surface area contributed by atoms with Crippen molar-refractivity contribution >= 4 is 11.0 Å². The van der Waals surface area contributed by atoms with E-state index in [1.165, 1.54) is 6.07 Å². The predicted octanol–water partition coefficient (Wildman–Crippen LogP) is 3.40. The van der Waals surface area contributed by atoms with E-state index in [0.717, 1.165) is 5.69 Å². The molecule has 1 aliphatic heterocycles. The van der Waals surface area contributed by atoms with Crippen LogP contribution < -0.4 is 9.47 Å². The largest absolute Gasteiger partial charge is 0.485 e. The number of nitrogens with one attached hydrogen (secondary N) is 1. The minimum atomic E-state index is -0.461. The molecule has 7 heteroatoms. The molecule has 6 nitrogen and oxygen atoms in total. The molecule has 0 radical (unpaired) electrons. The zero-order valence-corrected chi connectivity index (χ0v) is 13.0. The van der Waals surface area contributed by atoms with Crippen LogP contribution in [0.2, 0.25) is 0 Å². The quantitative estimate of drug-likeness (QED) is 0.609. The molecule has 5 rings (SSSR count). The summed E-state index contributed by atoms with van der Waals surface area (Å²) in [5, 5.41) is 6.77. The molecule has 0 saturated carbocycles. The lowest BCUT2D eigenvalue weighted by Gasteiger charge is -2.26. The van der Waals surface area contributed by atoms with Crippen molar-refractivity contribution in [2.24, 2.45) is 0 Å². The number of benzene rings is 2. The third kappa shape index (κ3) is 2.16. The molecule has 0 amide bonds. The number of para-hydroxylation sites is 3. The highest BCUT2D eigenvalue weighted by Gasteiger charge is 2.29. The van der Waals surface area contributed by atoms with Gasteiger partial charge in [-0.2, -0.15) is 5.10 Å². The molecule has 0 bridgehead atoms. The fourth-order valence-electron chi connectivity index (χ4n) is 3.08. The normalized spacial score (nSPS) is 16.3. The summed E-state index contributed by atoms with van der Waals surface area (Å²) in [6, 6.07) is 12.3. The van der Waals surface area contributed by atoms with Crippen molar-refractivity contribution < 1.29 is 13.9 Å². The molecular formula is C18H13FN4O2. The summed E-state index contributed by atoms with van der Waals surface area (Å²) < 4.78 is 28.0. The first-order valence-corrected chi connectivity index (χ1v) is 7.86. The second-order valence-corrected chi connectivity index (χ2v) is 5.73. The van der Waals surface area contributed by atoms with Gasteiger partial charge in [-0.15, -0.1) is 0 Å². The van der Waals surface area contributed by atoms with Crippen LogP contribution in [0.25, 0.3) is 16.7 Å². The summed E-state index contributed by atoms with van der Waals surface area (Å²) in [6.45, 7) is 0.291. The van der Waals surface area contributed by atoms with Gasteiger partial charge in [0.2, 0.25) is 0 Å². The Morgan fingerprint density at radius 1 is 1.12 bits per heavy atom. The number of halogens is 1. The average molecular weight is 336 g/mol. The fraction of sp³-hybridized carbons (Fsp3) is 0.111. The van der Waals surface area contributed by atoms with Crippen LogP contribution in [0.4, 0.5) is 4.39 Å². The van der Waals surface area contributed by atoms with Gasteiger partial charge < -0.3 is 9.47 Å². The highest BCUT2D eigenvalue weighted by Crippen LogP contribution is 2.37. The van der Waals surface area contributed by atoms with Crippen molar-refractivity contribution in [1.29, 1.82) is 0 Å². The van der Waals surface area contributed by atoms with Crippen LogP contribution in [0, 0.1) is 5.82 Å². The minimum absolute atomic E-state index is 0.291. The van der Waals surface area contributed by atoms with Crippen molar-refractivity contribution in [3.05, 3.63) is 66.5 Å². The lowest BCUT2D eigenvalue weighted by molar-refractivity contribution is 0.0844. The van der Waals surface area contributed by atoms with Gasteiger partial charge in [-0.1, -0.05) is 18.2 Å². The minimum Gasteiger partial charge on any atom is -0.485 e. The molecule has 0 saturated heterocycles. The van der Waals surface area contributed by atoms with E-state index in [2.05, 4.69) is 15.2 Å². The summed E-state index contributed by atoms with van der Waals surface area (Å²) in [6.07, 6.45) is 2.93. The number of aromatic nitrogens is 4. The first-order chi connectivity index (χ1) is 12.3. The van der Waals surface area contributed by atoms with Gasteiger partial charge in [0.05, 0.1) is 17.4 Å². The molecule has 1 N–H and O–H groups in total. The van der Waals surface area contributed by atoms with Crippen LogP contribution in [-0.2, 0) is 0 Å². The Balaban J connectivity index is 1.69. The van der Waals surface area contributed by atoms with Crippen LogP contribution in [-0.4, -0.2) is 26.4 Å². The van der Waals surface area contributed by atoms with Gasteiger partial charge >= 0.3 is 0 Å². The van der Waals surface area contributed by atoms with E-state index in [-0.39, 0.29) is 5.82 Å². The molecule has 1 unspecified atom stereocenters. The molecule has 3 heterocycles. The van der Waals surface area contributed by atoms with E-state index >= 15 is 0 Å². The number of fused-ring (bicyclic) bond motifs is 2. The molecule has 2 aromatic carbocycles. The lowest BCUT2D eigenvalue weighted by Crippen LogP contribution is -2.24. The molecule has 1 atom stereocenters. The first kappa shape index (κ1) is 14.0. The molecule has 2 aromatic heterocycles. The topological polar surface area (TPSA) is 65.0 Å². The fourth-order valence-corrected chi connectivity index (χ4v) is 3.08. The Kier molecular flexibility index (Phi) is 3.00. The molecular weight excluding hydrogens is 323 g/mol. The zero-order chi connectivity index (χ0) is 16.8. The van der Waals surface area contributed by atoms with E-state index < -0.39 is 6.10 Å². The highest BCUT2D eigenvalue weighted by atomic mass is 19.1. The van der Waals surface area contributed by atoms with Crippen LogP contribution in [0.5, 0.6) is 11.5 Å². The molecule has 0 spiro atoms. The Morgan fingerprint density at radius 2 is 2.00 bits per heavy atom. The van der Waals surface area contributed by atoms with E-state index in [1.54, 1.807) is 18.5 Å².